The number of hydrogen-bond acceptors (Lipinski definition) is 2. The van der Waals surface area contributed by atoms with Gasteiger partial charge in [-0.15, -0.1) is 0 Å². The number of rotatable bonds is 2. The Morgan fingerprint density at radius 2 is 2.00 bits per heavy atom. The first-order chi connectivity index (χ1) is 6.50. The van der Waals surface area contributed by atoms with Gasteiger partial charge in [0.05, 0.1) is 0 Å². The monoisotopic (exact) mass is 196 g/mol. The second-order valence-corrected chi connectivity index (χ2v) is 4.52. The fourth-order valence-electron chi connectivity index (χ4n) is 2.24. The van der Waals surface area contributed by atoms with Crippen molar-refractivity contribution in [3.8, 4) is 0 Å². The van der Waals surface area contributed by atoms with Gasteiger partial charge in [-0.25, -0.2) is 0 Å². The van der Waals surface area contributed by atoms with Crippen LogP contribution in [0.5, 0.6) is 0 Å². The Labute approximate surface area is 86.3 Å². The Morgan fingerprint density at radius 1 is 1.36 bits per heavy atom. The number of carbonyl (C=O) groups excluding carboxylic acids is 1. The summed E-state index contributed by atoms with van der Waals surface area (Å²) in [5.41, 5.74) is 1.14. The molecule has 0 amide bonds. The van der Waals surface area contributed by atoms with E-state index in [4.69, 9.17) is 4.74 Å². The van der Waals surface area contributed by atoms with Gasteiger partial charge in [0.15, 0.2) is 0 Å². The predicted octanol–water partition coefficient (Wildman–Crippen LogP) is 2.93. The van der Waals surface area contributed by atoms with Crippen LogP contribution in [0.3, 0.4) is 0 Å². The second kappa shape index (κ2) is 4.63. The van der Waals surface area contributed by atoms with Gasteiger partial charge >= 0.3 is 5.97 Å². The molecular formula is C12H20O2. The highest BCUT2D eigenvalue weighted by Gasteiger charge is 2.31. The van der Waals surface area contributed by atoms with Crippen molar-refractivity contribution in [3.05, 3.63) is 12.2 Å². The third-order valence-corrected chi connectivity index (χ3v) is 3.00. The molecule has 1 fully saturated rings. The van der Waals surface area contributed by atoms with E-state index in [9.17, 15) is 4.79 Å². The highest BCUT2D eigenvalue weighted by Crippen LogP contribution is 2.34. The van der Waals surface area contributed by atoms with E-state index in [0.717, 1.165) is 18.4 Å². The summed E-state index contributed by atoms with van der Waals surface area (Å²) in [5.74, 6) is 0.861. The molecule has 0 radical (unpaired) electrons. The summed E-state index contributed by atoms with van der Waals surface area (Å²) in [7, 11) is 0. The van der Waals surface area contributed by atoms with Crippen molar-refractivity contribution >= 4 is 5.97 Å². The van der Waals surface area contributed by atoms with E-state index in [2.05, 4.69) is 13.5 Å². The van der Waals surface area contributed by atoms with Gasteiger partial charge in [0.25, 0.3) is 0 Å². The zero-order valence-corrected chi connectivity index (χ0v) is 9.38. The van der Waals surface area contributed by atoms with Gasteiger partial charge in [-0.2, -0.15) is 0 Å². The fourth-order valence-corrected chi connectivity index (χ4v) is 2.24. The van der Waals surface area contributed by atoms with Crippen LogP contribution in [0.1, 0.15) is 40.0 Å². The van der Waals surface area contributed by atoms with E-state index in [1.165, 1.54) is 13.3 Å². The molecule has 0 aromatic rings. The van der Waals surface area contributed by atoms with Crippen LogP contribution >= 0.6 is 0 Å². The van der Waals surface area contributed by atoms with Crippen molar-refractivity contribution in [2.75, 3.05) is 0 Å². The van der Waals surface area contributed by atoms with Crippen LogP contribution in [-0.2, 0) is 9.53 Å². The maximum atomic E-state index is 10.9. The van der Waals surface area contributed by atoms with Gasteiger partial charge in [-0.1, -0.05) is 19.1 Å². The highest BCUT2D eigenvalue weighted by atomic mass is 16.5. The molecule has 0 aromatic heterocycles. The van der Waals surface area contributed by atoms with Crippen LogP contribution in [0.4, 0.5) is 0 Å². The van der Waals surface area contributed by atoms with Gasteiger partial charge in [0.2, 0.25) is 0 Å². The van der Waals surface area contributed by atoms with Crippen LogP contribution in [-0.4, -0.2) is 12.1 Å². The van der Waals surface area contributed by atoms with Crippen LogP contribution in [0, 0.1) is 11.8 Å². The molecule has 0 N–H and O–H groups in total. The first-order valence-electron chi connectivity index (χ1n) is 5.33. The van der Waals surface area contributed by atoms with E-state index < -0.39 is 0 Å². The lowest BCUT2D eigenvalue weighted by molar-refractivity contribution is -0.150. The molecule has 3 atom stereocenters. The lowest BCUT2D eigenvalue weighted by Gasteiger charge is -2.34. The van der Waals surface area contributed by atoms with Gasteiger partial charge in [-0.05, 0) is 32.1 Å². The summed E-state index contributed by atoms with van der Waals surface area (Å²) in [6, 6.07) is 0. The standard InChI is InChI=1S/C12H20O2/c1-8(2)11-6-5-9(3)7-12(11)14-10(4)13/h9,11-12H,1,5-7H2,2-4H3/t9-,11+,12-/m0/s1. The Balaban J connectivity index is 2.63. The second-order valence-electron chi connectivity index (χ2n) is 4.52. The molecule has 1 aliphatic rings. The van der Waals surface area contributed by atoms with Crippen LogP contribution < -0.4 is 0 Å². The Bertz CT molecular complexity index is 232. The van der Waals surface area contributed by atoms with Crippen molar-refractivity contribution in [3.63, 3.8) is 0 Å². The molecule has 1 aliphatic carbocycles. The van der Waals surface area contributed by atoms with Gasteiger partial charge in [0.1, 0.15) is 6.10 Å². The molecule has 1 rings (SSSR count). The summed E-state index contributed by atoms with van der Waals surface area (Å²) >= 11 is 0. The largest absolute Gasteiger partial charge is 0.462 e. The van der Waals surface area contributed by atoms with E-state index in [0.29, 0.717) is 11.8 Å². The molecular weight excluding hydrogens is 176 g/mol. The zero-order valence-electron chi connectivity index (χ0n) is 9.38. The van der Waals surface area contributed by atoms with Crippen molar-refractivity contribution in [2.24, 2.45) is 11.8 Å². The number of carbonyl (C=O) groups is 1. The van der Waals surface area contributed by atoms with Crippen molar-refractivity contribution in [1.82, 2.24) is 0 Å². The quantitative estimate of drug-likeness (QED) is 0.501. The minimum atomic E-state index is -0.171. The third-order valence-electron chi connectivity index (χ3n) is 3.00. The van der Waals surface area contributed by atoms with Crippen LogP contribution in [0.25, 0.3) is 0 Å². The molecule has 1 saturated carbocycles. The molecule has 2 heteroatoms. The van der Waals surface area contributed by atoms with E-state index in [1.807, 2.05) is 6.92 Å². The summed E-state index contributed by atoms with van der Waals surface area (Å²) in [5, 5.41) is 0. The van der Waals surface area contributed by atoms with Gasteiger partial charge in [0, 0.05) is 12.8 Å². The molecule has 2 nitrogen and oxygen atoms in total. The van der Waals surface area contributed by atoms with Crippen molar-refractivity contribution in [1.29, 1.82) is 0 Å². The number of ether oxygens (including phenoxy) is 1. The summed E-state index contributed by atoms with van der Waals surface area (Å²) < 4.78 is 5.34. The summed E-state index contributed by atoms with van der Waals surface area (Å²) in [4.78, 5) is 10.9. The zero-order chi connectivity index (χ0) is 10.7. The van der Waals surface area contributed by atoms with Crippen molar-refractivity contribution < 1.29 is 9.53 Å². The van der Waals surface area contributed by atoms with E-state index in [1.54, 1.807) is 0 Å². The molecule has 80 valence electrons. The topological polar surface area (TPSA) is 26.3 Å². The molecule has 0 saturated heterocycles. The maximum Gasteiger partial charge on any atom is 0.302 e. The molecule has 0 bridgehead atoms. The predicted molar refractivity (Wildman–Crippen MR) is 56.9 cm³/mol. The SMILES string of the molecule is C=C(C)[C@H]1CC[C@H](C)C[C@@H]1OC(C)=O. The minimum Gasteiger partial charge on any atom is -0.462 e. The molecule has 0 aliphatic heterocycles. The smallest absolute Gasteiger partial charge is 0.302 e. The number of esters is 1. The Kier molecular flexibility index (Phi) is 3.73. The third kappa shape index (κ3) is 2.86. The highest BCUT2D eigenvalue weighted by molar-refractivity contribution is 5.66. The first kappa shape index (κ1) is 11.3. The van der Waals surface area contributed by atoms with Crippen LogP contribution in [0.2, 0.25) is 0 Å². The molecule has 0 unspecified atom stereocenters. The van der Waals surface area contributed by atoms with Gasteiger partial charge < -0.3 is 4.74 Å². The lowest BCUT2D eigenvalue weighted by atomic mass is 9.78. The Hall–Kier alpha value is -0.790. The lowest BCUT2D eigenvalue weighted by Crippen LogP contribution is -2.32. The summed E-state index contributed by atoms with van der Waals surface area (Å²) in [6.45, 7) is 9.69. The van der Waals surface area contributed by atoms with Gasteiger partial charge in [-0.3, -0.25) is 4.79 Å². The molecule has 14 heavy (non-hydrogen) atoms. The summed E-state index contributed by atoms with van der Waals surface area (Å²) in [6.07, 6.45) is 3.37. The average molecular weight is 196 g/mol. The first-order valence-corrected chi connectivity index (χ1v) is 5.33. The molecule has 0 aromatic carbocycles. The average Bonchev–Trinajstić information content (AvgIpc) is 2.01. The van der Waals surface area contributed by atoms with Crippen molar-refractivity contribution in [2.45, 2.75) is 46.1 Å². The Morgan fingerprint density at radius 3 is 2.50 bits per heavy atom. The normalized spacial score (nSPS) is 32.4. The fraction of sp³-hybridized carbons (Fsp3) is 0.750. The molecule has 0 heterocycles. The van der Waals surface area contributed by atoms with E-state index in [-0.39, 0.29) is 12.1 Å². The number of hydrogen-bond donors (Lipinski definition) is 0. The maximum absolute atomic E-state index is 10.9. The van der Waals surface area contributed by atoms with E-state index >= 15 is 0 Å². The van der Waals surface area contributed by atoms with Crippen LogP contribution in [0.15, 0.2) is 12.2 Å². The minimum absolute atomic E-state index is 0.0637. The molecule has 0 spiro atoms.